The van der Waals surface area contributed by atoms with Gasteiger partial charge in [0.25, 0.3) is 0 Å². The molecular formula is C14H14O6. The molecule has 106 valence electrons. The number of carboxylic acids is 2. The van der Waals surface area contributed by atoms with E-state index in [1.807, 2.05) is 6.07 Å². The Labute approximate surface area is 115 Å². The van der Waals surface area contributed by atoms with Crippen LogP contribution in [0.2, 0.25) is 0 Å². The lowest BCUT2D eigenvalue weighted by atomic mass is 9.64. The van der Waals surface area contributed by atoms with Crippen molar-refractivity contribution in [2.45, 2.75) is 13.0 Å². The molecule has 1 aliphatic rings. The minimum atomic E-state index is -1.27. The van der Waals surface area contributed by atoms with Crippen molar-refractivity contribution >= 4 is 17.9 Å². The van der Waals surface area contributed by atoms with Crippen molar-refractivity contribution in [1.82, 2.24) is 0 Å². The molecule has 1 aromatic carbocycles. The van der Waals surface area contributed by atoms with Gasteiger partial charge in [-0.3, -0.25) is 14.4 Å². The normalized spacial score (nSPS) is 24.5. The fourth-order valence-corrected chi connectivity index (χ4v) is 2.33. The molecule has 0 amide bonds. The van der Waals surface area contributed by atoms with Gasteiger partial charge in [-0.25, -0.2) is 0 Å². The number of rotatable bonds is 5. The van der Waals surface area contributed by atoms with Crippen LogP contribution in [0.4, 0.5) is 0 Å². The minimum absolute atomic E-state index is 0.0138. The monoisotopic (exact) mass is 278 g/mol. The number of benzene rings is 1. The van der Waals surface area contributed by atoms with Gasteiger partial charge in [0.05, 0.1) is 17.8 Å². The molecule has 0 heterocycles. The van der Waals surface area contributed by atoms with Crippen LogP contribution in [-0.2, 0) is 25.7 Å². The molecule has 1 fully saturated rings. The first-order valence-corrected chi connectivity index (χ1v) is 6.17. The van der Waals surface area contributed by atoms with Crippen molar-refractivity contribution in [3.63, 3.8) is 0 Å². The predicted molar refractivity (Wildman–Crippen MR) is 66.6 cm³/mol. The first-order valence-electron chi connectivity index (χ1n) is 6.17. The second kappa shape index (κ2) is 5.73. The number of carbonyl (C=O) groups is 3. The van der Waals surface area contributed by atoms with Crippen molar-refractivity contribution in [2.75, 3.05) is 0 Å². The zero-order valence-electron chi connectivity index (χ0n) is 10.6. The van der Waals surface area contributed by atoms with Gasteiger partial charge in [0.2, 0.25) is 0 Å². The summed E-state index contributed by atoms with van der Waals surface area (Å²) in [7, 11) is 0. The molecule has 0 radical (unpaired) electrons. The van der Waals surface area contributed by atoms with Crippen molar-refractivity contribution in [3.8, 4) is 0 Å². The van der Waals surface area contributed by atoms with E-state index in [1.54, 1.807) is 24.3 Å². The smallest absolute Gasteiger partial charge is 0.310 e. The van der Waals surface area contributed by atoms with E-state index in [2.05, 4.69) is 0 Å². The summed E-state index contributed by atoms with van der Waals surface area (Å²) in [5.74, 6) is -6.21. The lowest BCUT2D eigenvalue weighted by Gasteiger charge is -2.37. The number of aliphatic carboxylic acids is 2. The number of carboxylic acid groups (broad SMARTS) is 2. The maximum Gasteiger partial charge on any atom is 0.310 e. The molecule has 6 nitrogen and oxygen atoms in total. The Morgan fingerprint density at radius 3 is 2.25 bits per heavy atom. The molecule has 6 heteroatoms. The first-order chi connectivity index (χ1) is 9.50. The predicted octanol–water partition coefficient (Wildman–Crippen LogP) is 1.15. The highest BCUT2D eigenvalue weighted by atomic mass is 16.5. The maximum atomic E-state index is 11.8. The van der Waals surface area contributed by atoms with E-state index in [0.717, 1.165) is 5.56 Å². The van der Waals surface area contributed by atoms with Crippen LogP contribution in [0, 0.1) is 17.8 Å². The van der Waals surface area contributed by atoms with Crippen LogP contribution < -0.4 is 0 Å². The van der Waals surface area contributed by atoms with Crippen LogP contribution in [0.1, 0.15) is 12.0 Å². The van der Waals surface area contributed by atoms with Crippen molar-refractivity contribution in [1.29, 1.82) is 0 Å². The molecule has 3 unspecified atom stereocenters. The van der Waals surface area contributed by atoms with Gasteiger partial charge in [0.15, 0.2) is 0 Å². The Balaban J connectivity index is 1.93. The molecule has 0 bridgehead atoms. The molecule has 0 aliphatic heterocycles. The van der Waals surface area contributed by atoms with Crippen LogP contribution >= 0.6 is 0 Å². The van der Waals surface area contributed by atoms with Crippen LogP contribution in [0.5, 0.6) is 0 Å². The second-order valence-corrected chi connectivity index (χ2v) is 4.74. The van der Waals surface area contributed by atoms with E-state index in [9.17, 15) is 14.4 Å². The second-order valence-electron chi connectivity index (χ2n) is 4.74. The summed E-state index contributed by atoms with van der Waals surface area (Å²) in [6.07, 6.45) is 0.0138. The molecular weight excluding hydrogens is 264 g/mol. The topological polar surface area (TPSA) is 101 Å². The molecule has 1 aromatic rings. The lowest BCUT2D eigenvalue weighted by Crippen LogP contribution is -2.50. The van der Waals surface area contributed by atoms with Crippen molar-refractivity contribution < 1.29 is 29.3 Å². The van der Waals surface area contributed by atoms with E-state index in [0.29, 0.717) is 0 Å². The molecule has 0 saturated heterocycles. The van der Waals surface area contributed by atoms with Gasteiger partial charge < -0.3 is 14.9 Å². The van der Waals surface area contributed by atoms with E-state index in [1.165, 1.54) is 0 Å². The minimum Gasteiger partial charge on any atom is -0.481 e. The fraction of sp³-hybridized carbons (Fsp3) is 0.357. The number of hydrogen-bond donors (Lipinski definition) is 2. The highest BCUT2D eigenvalue weighted by Gasteiger charge is 2.54. The fourth-order valence-electron chi connectivity index (χ4n) is 2.33. The number of ether oxygens (including phenoxy) is 1. The summed E-state index contributed by atoms with van der Waals surface area (Å²) in [5, 5.41) is 17.8. The zero-order chi connectivity index (χ0) is 14.7. The van der Waals surface area contributed by atoms with Crippen LogP contribution in [-0.4, -0.2) is 28.1 Å². The van der Waals surface area contributed by atoms with Gasteiger partial charge in [-0.15, -0.1) is 0 Å². The van der Waals surface area contributed by atoms with Crippen LogP contribution in [0.25, 0.3) is 0 Å². The van der Waals surface area contributed by atoms with Gasteiger partial charge in [-0.2, -0.15) is 0 Å². The standard InChI is InChI=1S/C14H14O6/c15-12(16)9-6-10(11(9)13(17)18)14(19)20-7-8-4-2-1-3-5-8/h1-5,9-11H,6-7H2,(H,15,16)(H,17,18). The van der Waals surface area contributed by atoms with E-state index in [-0.39, 0.29) is 13.0 Å². The quantitative estimate of drug-likeness (QED) is 0.783. The van der Waals surface area contributed by atoms with Gasteiger partial charge in [-0.1, -0.05) is 30.3 Å². The Kier molecular flexibility index (Phi) is 4.02. The van der Waals surface area contributed by atoms with E-state index >= 15 is 0 Å². The highest BCUT2D eigenvalue weighted by molar-refractivity contribution is 5.89. The first kappa shape index (κ1) is 14.0. The average Bonchev–Trinajstić information content (AvgIpc) is 2.35. The molecule has 0 spiro atoms. The Hall–Kier alpha value is -2.37. The number of carbonyl (C=O) groups excluding carboxylic acids is 1. The van der Waals surface area contributed by atoms with Crippen LogP contribution in [0.3, 0.4) is 0 Å². The molecule has 1 saturated carbocycles. The summed E-state index contributed by atoms with van der Waals surface area (Å²) >= 11 is 0. The van der Waals surface area contributed by atoms with Gasteiger partial charge >= 0.3 is 17.9 Å². The van der Waals surface area contributed by atoms with Crippen LogP contribution in [0.15, 0.2) is 30.3 Å². The molecule has 1 aliphatic carbocycles. The zero-order valence-corrected chi connectivity index (χ0v) is 10.6. The summed E-state index contributed by atoms with van der Waals surface area (Å²) in [5.41, 5.74) is 0.793. The summed E-state index contributed by atoms with van der Waals surface area (Å²) in [6, 6.07) is 8.99. The molecule has 0 aromatic heterocycles. The van der Waals surface area contributed by atoms with Gasteiger partial charge in [0, 0.05) is 0 Å². The van der Waals surface area contributed by atoms with Gasteiger partial charge in [-0.05, 0) is 12.0 Å². The average molecular weight is 278 g/mol. The SMILES string of the molecule is O=C(O)C1CC(C(=O)OCc2ccccc2)C1C(=O)O. The van der Waals surface area contributed by atoms with E-state index < -0.39 is 35.7 Å². The molecule has 20 heavy (non-hydrogen) atoms. The largest absolute Gasteiger partial charge is 0.481 e. The number of esters is 1. The Morgan fingerprint density at radius 1 is 1.05 bits per heavy atom. The Morgan fingerprint density at radius 2 is 1.70 bits per heavy atom. The summed E-state index contributed by atoms with van der Waals surface area (Å²) in [6.45, 7) is 0.0558. The van der Waals surface area contributed by atoms with Gasteiger partial charge in [0.1, 0.15) is 6.61 Å². The molecule has 3 atom stereocenters. The maximum absolute atomic E-state index is 11.8. The third-order valence-corrected chi connectivity index (χ3v) is 3.50. The van der Waals surface area contributed by atoms with Crippen molar-refractivity contribution in [2.24, 2.45) is 17.8 Å². The third-order valence-electron chi connectivity index (χ3n) is 3.50. The highest BCUT2D eigenvalue weighted by Crippen LogP contribution is 2.41. The third kappa shape index (κ3) is 2.79. The van der Waals surface area contributed by atoms with E-state index in [4.69, 9.17) is 14.9 Å². The van der Waals surface area contributed by atoms with Crippen molar-refractivity contribution in [3.05, 3.63) is 35.9 Å². The molecule has 2 N–H and O–H groups in total. The number of hydrogen-bond acceptors (Lipinski definition) is 4. The molecule has 2 rings (SSSR count). The Bertz CT molecular complexity index is 524. The summed E-state index contributed by atoms with van der Waals surface area (Å²) in [4.78, 5) is 33.6. The summed E-state index contributed by atoms with van der Waals surface area (Å²) < 4.78 is 5.05. The lowest BCUT2D eigenvalue weighted by molar-refractivity contribution is -0.177.